The van der Waals surface area contributed by atoms with E-state index in [0.717, 1.165) is 5.56 Å². The van der Waals surface area contributed by atoms with Crippen LogP contribution in [0.5, 0.6) is 0 Å². The summed E-state index contributed by atoms with van der Waals surface area (Å²) in [6.45, 7) is 3.43. The molecule has 7 nitrogen and oxygen atoms in total. The number of ether oxygens (including phenoxy) is 1. The van der Waals surface area contributed by atoms with Crippen LogP contribution in [0.1, 0.15) is 15.9 Å². The molecule has 0 unspecified atom stereocenters. The summed E-state index contributed by atoms with van der Waals surface area (Å²) in [5.74, 6) is -1.30. The predicted octanol–water partition coefficient (Wildman–Crippen LogP) is 4.19. The van der Waals surface area contributed by atoms with Crippen molar-refractivity contribution in [1.82, 2.24) is 5.32 Å². The second-order valence-corrected chi connectivity index (χ2v) is 9.47. The van der Waals surface area contributed by atoms with Crippen molar-refractivity contribution in [2.24, 2.45) is 0 Å². The summed E-state index contributed by atoms with van der Waals surface area (Å²) < 4.78 is 32.8. The highest BCUT2D eigenvalue weighted by atomic mass is 35.5. The quantitative estimate of drug-likeness (QED) is 0.334. The number of carbonyl (C=O) groups is 2. The fourth-order valence-electron chi connectivity index (χ4n) is 3.03. The highest BCUT2D eigenvalue weighted by molar-refractivity contribution is 7.92. The summed E-state index contributed by atoms with van der Waals surface area (Å²) in [6.07, 6.45) is 1.48. The minimum Gasteiger partial charge on any atom is -0.452 e. The normalized spacial score (nSPS) is 10.9. The minimum atomic E-state index is -3.98. The molecule has 0 aliphatic heterocycles. The molecule has 0 aromatic heterocycles. The SMILES string of the molecule is C=CCN(c1ccccc1)S(=O)(=O)c1cccc(C(=O)OCC(=O)NCc2ccc(Cl)cc2)c1. The molecule has 0 aliphatic rings. The van der Waals surface area contributed by atoms with Gasteiger partial charge in [-0.15, -0.1) is 6.58 Å². The summed E-state index contributed by atoms with van der Waals surface area (Å²) in [5.41, 5.74) is 1.32. The van der Waals surface area contributed by atoms with Crippen LogP contribution in [0.25, 0.3) is 0 Å². The van der Waals surface area contributed by atoms with E-state index < -0.39 is 28.5 Å². The maximum Gasteiger partial charge on any atom is 0.338 e. The molecule has 0 saturated heterocycles. The Morgan fingerprint density at radius 2 is 1.71 bits per heavy atom. The number of sulfonamides is 1. The topological polar surface area (TPSA) is 92.8 Å². The molecule has 3 aromatic rings. The van der Waals surface area contributed by atoms with Gasteiger partial charge in [-0.05, 0) is 48.0 Å². The van der Waals surface area contributed by atoms with Gasteiger partial charge in [0.25, 0.3) is 15.9 Å². The summed E-state index contributed by atoms with van der Waals surface area (Å²) in [5, 5.41) is 3.22. The second kappa shape index (κ2) is 11.5. The third-order valence-corrected chi connectivity index (χ3v) is 6.78. The summed E-state index contributed by atoms with van der Waals surface area (Å²) in [4.78, 5) is 24.4. The number of carbonyl (C=O) groups excluding carboxylic acids is 2. The molecule has 0 fully saturated rings. The van der Waals surface area contributed by atoms with E-state index in [1.165, 1.54) is 34.6 Å². The summed E-state index contributed by atoms with van der Waals surface area (Å²) in [7, 11) is -3.98. The largest absolute Gasteiger partial charge is 0.452 e. The van der Waals surface area contributed by atoms with E-state index >= 15 is 0 Å². The Kier molecular flexibility index (Phi) is 8.45. The fourth-order valence-corrected chi connectivity index (χ4v) is 4.64. The number of nitrogens with one attached hydrogen (secondary N) is 1. The monoisotopic (exact) mass is 498 g/mol. The number of amides is 1. The number of benzene rings is 3. The van der Waals surface area contributed by atoms with Crippen LogP contribution in [0.2, 0.25) is 5.02 Å². The fraction of sp³-hybridized carbons (Fsp3) is 0.120. The van der Waals surface area contributed by atoms with Crippen LogP contribution in [0.3, 0.4) is 0 Å². The molecule has 1 amide bonds. The molecular formula is C25H23ClN2O5S. The summed E-state index contributed by atoms with van der Waals surface area (Å²) in [6, 6.07) is 21.0. The van der Waals surface area contributed by atoms with E-state index in [4.69, 9.17) is 16.3 Å². The van der Waals surface area contributed by atoms with Gasteiger partial charge in [0.15, 0.2) is 6.61 Å². The standard InChI is InChI=1S/C25H23ClN2O5S/c1-2-15-28(22-8-4-3-5-9-22)34(31,32)23-10-6-7-20(16-23)25(30)33-18-24(29)27-17-19-11-13-21(26)14-12-19/h2-14,16H,1,15,17-18H2,(H,27,29). The van der Waals surface area contributed by atoms with Gasteiger partial charge in [-0.2, -0.15) is 0 Å². The molecule has 0 spiro atoms. The third kappa shape index (κ3) is 6.46. The first kappa shape index (κ1) is 25.0. The number of para-hydroxylation sites is 1. The number of anilines is 1. The highest BCUT2D eigenvalue weighted by Crippen LogP contribution is 2.24. The summed E-state index contributed by atoms with van der Waals surface area (Å²) >= 11 is 5.83. The van der Waals surface area contributed by atoms with E-state index in [9.17, 15) is 18.0 Å². The molecule has 0 atom stereocenters. The van der Waals surface area contributed by atoms with Crippen LogP contribution in [-0.2, 0) is 26.1 Å². The smallest absolute Gasteiger partial charge is 0.338 e. The van der Waals surface area contributed by atoms with Gasteiger partial charge in [0.05, 0.1) is 22.7 Å². The number of nitrogens with zero attached hydrogens (tertiary/aromatic N) is 1. The van der Waals surface area contributed by atoms with Crippen LogP contribution in [0.4, 0.5) is 5.69 Å². The van der Waals surface area contributed by atoms with Gasteiger partial charge in [-0.25, -0.2) is 13.2 Å². The van der Waals surface area contributed by atoms with E-state index in [2.05, 4.69) is 11.9 Å². The molecule has 3 rings (SSSR count). The number of hydrogen-bond acceptors (Lipinski definition) is 5. The average molecular weight is 499 g/mol. The van der Waals surface area contributed by atoms with Crippen molar-refractivity contribution in [3.63, 3.8) is 0 Å². The Hall–Kier alpha value is -3.62. The minimum absolute atomic E-state index is 0.0122. The maximum absolute atomic E-state index is 13.3. The zero-order chi connectivity index (χ0) is 24.6. The second-order valence-electron chi connectivity index (χ2n) is 7.17. The number of hydrogen-bond donors (Lipinski definition) is 1. The van der Waals surface area contributed by atoms with Crippen molar-refractivity contribution >= 4 is 39.2 Å². The molecule has 0 radical (unpaired) electrons. The molecule has 0 bridgehead atoms. The number of halogens is 1. The highest BCUT2D eigenvalue weighted by Gasteiger charge is 2.25. The van der Waals surface area contributed by atoms with E-state index in [1.54, 1.807) is 54.6 Å². The Labute approximate surface area is 203 Å². The Morgan fingerprint density at radius 3 is 2.38 bits per heavy atom. The van der Waals surface area contributed by atoms with Crippen LogP contribution >= 0.6 is 11.6 Å². The van der Waals surface area contributed by atoms with Gasteiger partial charge >= 0.3 is 5.97 Å². The lowest BCUT2D eigenvalue weighted by atomic mass is 10.2. The van der Waals surface area contributed by atoms with Gasteiger partial charge in [-0.1, -0.05) is 54.1 Å². The first-order valence-electron chi connectivity index (χ1n) is 10.3. The van der Waals surface area contributed by atoms with Crippen LogP contribution in [0.15, 0.2) is 96.4 Å². The van der Waals surface area contributed by atoms with Gasteiger partial charge in [0.1, 0.15) is 0 Å². The molecule has 3 aromatic carbocycles. The Morgan fingerprint density at radius 1 is 1.00 bits per heavy atom. The molecule has 9 heteroatoms. The van der Waals surface area contributed by atoms with Crippen LogP contribution < -0.4 is 9.62 Å². The molecule has 0 saturated carbocycles. The van der Waals surface area contributed by atoms with Crippen LogP contribution in [0, 0.1) is 0 Å². The lowest BCUT2D eigenvalue weighted by Crippen LogP contribution is -2.31. The van der Waals surface area contributed by atoms with Crippen molar-refractivity contribution in [3.05, 3.63) is 108 Å². The number of esters is 1. The molecule has 176 valence electrons. The maximum atomic E-state index is 13.3. The van der Waals surface area contributed by atoms with Crippen LogP contribution in [-0.4, -0.2) is 33.4 Å². The Balaban J connectivity index is 1.66. The van der Waals surface area contributed by atoms with E-state index in [0.29, 0.717) is 10.7 Å². The molecule has 1 N–H and O–H groups in total. The lowest BCUT2D eigenvalue weighted by molar-refractivity contribution is -0.124. The van der Waals surface area contributed by atoms with Crippen molar-refractivity contribution in [2.75, 3.05) is 17.5 Å². The number of rotatable bonds is 10. The van der Waals surface area contributed by atoms with Gasteiger partial charge in [-0.3, -0.25) is 9.10 Å². The lowest BCUT2D eigenvalue weighted by Gasteiger charge is -2.23. The molecule has 34 heavy (non-hydrogen) atoms. The molecule has 0 aliphatic carbocycles. The predicted molar refractivity (Wildman–Crippen MR) is 131 cm³/mol. The third-order valence-electron chi connectivity index (χ3n) is 4.73. The average Bonchev–Trinajstić information content (AvgIpc) is 2.86. The van der Waals surface area contributed by atoms with Crippen molar-refractivity contribution < 1.29 is 22.7 Å². The van der Waals surface area contributed by atoms with Gasteiger partial charge in [0.2, 0.25) is 0 Å². The first-order valence-corrected chi connectivity index (χ1v) is 12.1. The van der Waals surface area contributed by atoms with E-state index in [-0.39, 0.29) is 23.5 Å². The zero-order valence-electron chi connectivity index (χ0n) is 18.2. The Bertz CT molecular complexity index is 1260. The first-order chi connectivity index (χ1) is 16.3. The van der Waals surface area contributed by atoms with E-state index in [1.807, 2.05) is 0 Å². The van der Waals surface area contributed by atoms with Crippen molar-refractivity contribution in [3.8, 4) is 0 Å². The molecular weight excluding hydrogens is 476 g/mol. The van der Waals surface area contributed by atoms with Gasteiger partial charge in [0, 0.05) is 11.6 Å². The van der Waals surface area contributed by atoms with Crippen molar-refractivity contribution in [1.29, 1.82) is 0 Å². The molecule has 0 heterocycles. The zero-order valence-corrected chi connectivity index (χ0v) is 19.8. The van der Waals surface area contributed by atoms with Crippen molar-refractivity contribution in [2.45, 2.75) is 11.4 Å². The van der Waals surface area contributed by atoms with Gasteiger partial charge < -0.3 is 10.1 Å².